The first-order valence-corrected chi connectivity index (χ1v) is 5.83. The number of hydrazine groups is 1. The Morgan fingerprint density at radius 2 is 2.06 bits per heavy atom. The van der Waals surface area contributed by atoms with E-state index in [1.165, 1.54) is 4.88 Å². The van der Waals surface area contributed by atoms with Crippen LogP contribution in [-0.4, -0.2) is 9.97 Å². The van der Waals surface area contributed by atoms with Gasteiger partial charge in [-0.1, -0.05) is 0 Å². The van der Waals surface area contributed by atoms with Crippen molar-refractivity contribution < 1.29 is 0 Å². The Morgan fingerprint density at radius 3 is 2.56 bits per heavy atom. The van der Waals surface area contributed by atoms with E-state index in [-0.39, 0.29) is 6.04 Å². The molecule has 2 aromatic rings. The molecule has 0 bridgehead atoms. The van der Waals surface area contributed by atoms with Crippen LogP contribution in [0.3, 0.4) is 0 Å². The van der Waals surface area contributed by atoms with Gasteiger partial charge in [-0.05, 0) is 26.0 Å². The molecule has 0 amide bonds. The maximum atomic E-state index is 5.57. The van der Waals surface area contributed by atoms with Gasteiger partial charge in [0.1, 0.15) is 0 Å². The second-order valence-electron chi connectivity index (χ2n) is 3.63. The molecular formula is C11H14N4S. The molecule has 2 rings (SSSR count). The number of aryl methyl sites for hydroxylation is 2. The van der Waals surface area contributed by atoms with Gasteiger partial charge in [0, 0.05) is 16.0 Å². The molecule has 0 radical (unpaired) electrons. The molecule has 0 spiro atoms. The summed E-state index contributed by atoms with van der Waals surface area (Å²) in [6.45, 7) is 3.99. The van der Waals surface area contributed by atoms with Crippen molar-refractivity contribution in [2.75, 3.05) is 0 Å². The van der Waals surface area contributed by atoms with E-state index in [0.717, 1.165) is 16.3 Å². The van der Waals surface area contributed by atoms with Gasteiger partial charge in [0.15, 0.2) is 0 Å². The second kappa shape index (κ2) is 4.69. The number of rotatable bonds is 3. The Morgan fingerprint density at radius 1 is 1.25 bits per heavy atom. The monoisotopic (exact) mass is 234 g/mol. The third-order valence-corrected chi connectivity index (χ3v) is 3.37. The van der Waals surface area contributed by atoms with E-state index in [0.29, 0.717) is 0 Å². The van der Waals surface area contributed by atoms with Gasteiger partial charge in [-0.25, -0.2) is 5.43 Å². The van der Waals surface area contributed by atoms with Crippen LogP contribution in [0, 0.1) is 13.8 Å². The van der Waals surface area contributed by atoms with Crippen molar-refractivity contribution in [2.24, 2.45) is 5.84 Å². The van der Waals surface area contributed by atoms with Crippen LogP contribution in [0.25, 0.3) is 0 Å². The molecule has 0 aliphatic heterocycles. The van der Waals surface area contributed by atoms with Crippen LogP contribution in [0.2, 0.25) is 0 Å². The van der Waals surface area contributed by atoms with Crippen LogP contribution < -0.4 is 11.3 Å². The molecule has 3 N–H and O–H groups in total. The lowest BCUT2D eigenvalue weighted by Gasteiger charge is -2.13. The fourth-order valence-corrected chi connectivity index (χ4v) is 2.42. The molecule has 0 fully saturated rings. The number of aromatic nitrogens is 2. The minimum atomic E-state index is -0.0770. The van der Waals surface area contributed by atoms with Crippen LogP contribution in [0.1, 0.15) is 27.2 Å². The van der Waals surface area contributed by atoms with Gasteiger partial charge in [-0.15, -0.1) is 11.3 Å². The van der Waals surface area contributed by atoms with Crippen molar-refractivity contribution in [2.45, 2.75) is 19.9 Å². The first kappa shape index (κ1) is 11.2. The molecule has 16 heavy (non-hydrogen) atoms. The Balaban J connectivity index is 2.32. The largest absolute Gasteiger partial charge is 0.270 e. The molecular weight excluding hydrogens is 220 g/mol. The highest BCUT2D eigenvalue weighted by molar-refractivity contribution is 7.12. The molecule has 4 nitrogen and oxygen atoms in total. The number of nitrogens with one attached hydrogen (secondary N) is 1. The first-order chi connectivity index (χ1) is 7.70. The molecule has 2 heterocycles. The summed E-state index contributed by atoms with van der Waals surface area (Å²) in [6, 6.07) is 4.06. The van der Waals surface area contributed by atoms with Gasteiger partial charge in [-0.2, -0.15) is 0 Å². The summed E-state index contributed by atoms with van der Waals surface area (Å²) in [5.74, 6) is 5.57. The lowest BCUT2D eigenvalue weighted by molar-refractivity contribution is 0.626. The van der Waals surface area contributed by atoms with Crippen molar-refractivity contribution in [3.63, 3.8) is 0 Å². The third kappa shape index (κ3) is 2.27. The smallest absolute Gasteiger partial charge is 0.0988 e. The van der Waals surface area contributed by atoms with Crippen molar-refractivity contribution in [1.29, 1.82) is 0 Å². The molecule has 2 aromatic heterocycles. The van der Waals surface area contributed by atoms with Gasteiger partial charge in [0.05, 0.1) is 23.6 Å². The zero-order valence-corrected chi connectivity index (χ0v) is 10.1. The van der Waals surface area contributed by atoms with Crippen molar-refractivity contribution in [3.8, 4) is 0 Å². The molecule has 0 aliphatic carbocycles. The van der Waals surface area contributed by atoms with Gasteiger partial charge in [-0.3, -0.25) is 15.8 Å². The third-order valence-electron chi connectivity index (χ3n) is 2.31. The summed E-state index contributed by atoms with van der Waals surface area (Å²) in [6.07, 6.45) is 3.51. The van der Waals surface area contributed by atoms with Crippen LogP contribution in [0.4, 0.5) is 0 Å². The van der Waals surface area contributed by atoms with Crippen LogP contribution in [-0.2, 0) is 0 Å². The fourth-order valence-electron chi connectivity index (χ4n) is 1.47. The van der Waals surface area contributed by atoms with E-state index in [4.69, 9.17) is 5.84 Å². The van der Waals surface area contributed by atoms with E-state index in [1.807, 2.05) is 6.92 Å². The summed E-state index contributed by atoms with van der Waals surface area (Å²) >= 11 is 1.71. The standard InChI is InChI=1S/C11H14N4S/c1-7-5-14-9(6-13-7)11(15-12)10-4-3-8(2)16-10/h3-6,11,15H,12H2,1-2H3. The van der Waals surface area contributed by atoms with E-state index in [2.05, 4.69) is 34.5 Å². The van der Waals surface area contributed by atoms with Crippen LogP contribution >= 0.6 is 11.3 Å². The van der Waals surface area contributed by atoms with Crippen LogP contribution in [0.5, 0.6) is 0 Å². The normalized spacial score (nSPS) is 12.7. The highest BCUT2D eigenvalue weighted by Gasteiger charge is 2.15. The summed E-state index contributed by atoms with van der Waals surface area (Å²) in [5, 5.41) is 0. The first-order valence-electron chi connectivity index (χ1n) is 5.01. The molecule has 84 valence electrons. The Labute approximate surface area is 98.5 Å². The maximum absolute atomic E-state index is 5.57. The Hall–Kier alpha value is -1.30. The number of hydrogen-bond acceptors (Lipinski definition) is 5. The second-order valence-corrected chi connectivity index (χ2v) is 4.95. The van der Waals surface area contributed by atoms with Crippen molar-refractivity contribution in [3.05, 3.63) is 45.7 Å². The quantitative estimate of drug-likeness (QED) is 0.627. The molecule has 0 aliphatic rings. The fraction of sp³-hybridized carbons (Fsp3) is 0.273. The predicted molar refractivity (Wildman–Crippen MR) is 65.0 cm³/mol. The molecule has 0 saturated heterocycles. The lowest BCUT2D eigenvalue weighted by atomic mass is 10.2. The van der Waals surface area contributed by atoms with Gasteiger partial charge >= 0.3 is 0 Å². The molecule has 0 saturated carbocycles. The molecule has 1 unspecified atom stereocenters. The van der Waals surface area contributed by atoms with E-state index in [9.17, 15) is 0 Å². The minimum absolute atomic E-state index is 0.0770. The summed E-state index contributed by atoms with van der Waals surface area (Å²) in [7, 11) is 0. The maximum Gasteiger partial charge on any atom is 0.0988 e. The zero-order valence-electron chi connectivity index (χ0n) is 9.27. The summed E-state index contributed by atoms with van der Waals surface area (Å²) < 4.78 is 0. The zero-order chi connectivity index (χ0) is 11.5. The topological polar surface area (TPSA) is 63.8 Å². The minimum Gasteiger partial charge on any atom is -0.270 e. The SMILES string of the molecule is Cc1cnc(C(NN)c2ccc(C)s2)cn1. The Bertz CT molecular complexity index is 463. The highest BCUT2D eigenvalue weighted by atomic mass is 32.1. The molecule has 1 atom stereocenters. The van der Waals surface area contributed by atoms with Crippen molar-refractivity contribution >= 4 is 11.3 Å². The van der Waals surface area contributed by atoms with E-state index < -0.39 is 0 Å². The van der Waals surface area contributed by atoms with Crippen molar-refractivity contribution in [1.82, 2.24) is 15.4 Å². The number of hydrogen-bond donors (Lipinski definition) is 2. The van der Waals surface area contributed by atoms with Gasteiger partial charge < -0.3 is 0 Å². The Kier molecular flexibility index (Phi) is 3.28. The summed E-state index contributed by atoms with van der Waals surface area (Å²) in [5.41, 5.74) is 4.52. The average molecular weight is 234 g/mol. The van der Waals surface area contributed by atoms with E-state index in [1.54, 1.807) is 23.7 Å². The molecule has 5 heteroatoms. The predicted octanol–water partition coefficient (Wildman–Crippen LogP) is 1.71. The molecule has 0 aromatic carbocycles. The average Bonchev–Trinajstić information content (AvgIpc) is 2.69. The number of thiophene rings is 1. The lowest BCUT2D eigenvalue weighted by Crippen LogP contribution is -2.29. The van der Waals surface area contributed by atoms with E-state index >= 15 is 0 Å². The van der Waals surface area contributed by atoms with Gasteiger partial charge in [0.25, 0.3) is 0 Å². The number of nitrogens with zero attached hydrogens (tertiary/aromatic N) is 2. The van der Waals surface area contributed by atoms with Gasteiger partial charge in [0.2, 0.25) is 0 Å². The van der Waals surface area contributed by atoms with Crippen LogP contribution in [0.15, 0.2) is 24.5 Å². The number of nitrogens with two attached hydrogens (primary N) is 1. The highest BCUT2D eigenvalue weighted by Crippen LogP contribution is 2.26. The summed E-state index contributed by atoms with van der Waals surface area (Å²) in [4.78, 5) is 11.0.